The number of rotatable bonds is 7. The SMILES string of the molecule is Nc1nc2nc(C(=O)NCc3cccc(CNc4c(N)c(=O)c4=O)c3)cc(C(=O)O)n2n1. The van der Waals surface area contributed by atoms with Crippen LogP contribution < -0.4 is 33.0 Å². The molecule has 2 aromatic carbocycles. The van der Waals surface area contributed by atoms with Crippen molar-refractivity contribution in [1.29, 1.82) is 0 Å². The largest absolute Gasteiger partial charge is 0.477 e. The lowest BCUT2D eigenvalue weighted by Crippen LogP contribution is -2.36. The highest BCUT2D eigenvalue weighted by Gasteiger charge is 2.19. The number of hydrogen-bond donors (Lipinski definition) is 5. The topological polar surface area (TPSA) is 208 Å². The summed E-state index contributed by atoms with van der Waals surface area (Å²) in [6.45, 7) is 0.379. The molecule has 0 radical (unpaired) electrons. The van der Waals surface area contributed by atoms with E-state index in [1.807, 2.05) is 0 Å². The fourth-order valence-electron chi connectivity index (χ4n) is 3.05. The molecule has 0 saturated heterocycles. The zero-order valence-corrected chi connectivity index (χ0v) is 16.3. The van der Waals surface area contributed by atoms with Gasteiger partial charge in [0, 0.05) is 19.2 Å². The molecule has 162 valence electrons. The quantitative estimate of drug-likeness (QED) is 0.225. The van der Waals surface area contributed by atoms with Gasteiger partial charge in [-0.25, -0.2) is 9.78 Å². The summed E-state index contributed by atoms with van der Waals surface area (Å²) in [5, 5.41) is 18.6. The molecular weight excluding hydrogens is 420 g/mol. The number of carboxylic acids is 1. The van der Waals surface area contributed by atoms with Crippen LogP contribution in [0.15, 0.2) is 39.9 Å². The van der Waals surface area contributed by atoms with Crippen molar-refractivity contribution in [2.24, 2.45) is 0 Å². The Morgan fingerprint density at radius 2 is 1.75 bits per heavy atom. The van der Waals surface area contributed by atoms with Crippen molar-refractivity contribution in [3.8, 4) is 0 Å². The molecule has 7 N–H and O–H groups in total. The van der Waals surface area contributed by atoms with Crippen LogP contribution in [0, 0.1) is 0 Å². The highest BCUT2D eigenvalue weighted by atomic mass is 16.4. The van der Waals surface area contributed by atoms with Crippen molar-refractivity contribution in [2.75, 3.05) is 16.8 Å². The number of fused-ring (bicyclic) bond motifs is 1. The number of aromatic carboxylic acids is 1. The number of benzene rings is 1. The molecule has 32 heavy (non-hydrogen) atoms. The van der Waals surface area contributed by atoms with Gasteiger partial charge < -0.3 is 27.2 Å². The number of nitrogen functional groups attached to an aromatic ring is 2. The summed E-state index contributed by atoms with van der Waals surface area (Å²) in [5.74, 6) is -2.22. The molecule has 0 atom stereocenters. The average molecular weight is 436 g/mol. The van der Waals surface area contributed by atoms with Gasteiger partial charge in [-0.05, 0) is 11.1 Å². The van der Waals surface area contributed by atoms with Gasteiger partial charge in [0.05, 0.1) is 0 Å². The Bertz CT molecular complexity index is 1450. The molecule has 1 amide bonds. The Morgan fingerprint density at radius 1 is 1.03 bits per heavy atom. The molecule has 0 aliphatic carbocycles. The first kappa shape index (κ1) is 20.5. The maximum Gasteiger partial charge on any atom is 0.354 e. The van der Waals surface area contributed by atoms with Gasteiger partial charge in [-0.15, -0.1) is 5.10 Å². The molecule has 0 fully saturated rings. The van der Waals surface area contributed by atoms with Crippen molar-refractivity contribution in [1.82, 2.24) is 24.9 Å². The number of aromatic nitrogens is 4. The second-order valence-electron chi connectivity index (χ2n) is 6.82. The van der Waals surface area contributed by atoms with E-state index in [2.05, 4.69) is 25.7 Å². The molecule has 4 rings (SSSR count). The summed E-state index contributed by atoms with van der Waals surface area (Å²) >= 11 is 0. The normalized spacial score (nSPS) is 11.0. The molecule has 0 spiro atoms. The second-order valence-corrected chi connectivity index (χ2v) is 6.82. The van der Waals surface area contributed by atoms with Crippen LogP contribution in [-0.2, 0) is 13.1 Å². The van der Waals surface area contributed by atoms with Gasteiger partial charge in [-0.2, -0.15) is 9.50 Å². The first-order valence-corrected chi connectivity index (χ1v) is 9.20. The van der Waals surface area contributed by atoms with Gasteiger partial charge in [0.2, 0.25) is 5.95 Å². The van der Waals surface area contributed by atoms with Gasteiger partial charge >= 0.3 is 5.97 Å². The third-order valence-corrected chi connectivity index (χ3v) is 4.64. The van der Waals surface area contributed by atoms with E-state index in [0.717, 1.165) is 21.7 Å². The molecule has 0 unspecified atom stereocenters. The average Bonchev–Trinajstić information content (AvgIpc) is 3.16. The molecular formula is C19H16N8O5. The summed E-state index contributed by atoms with van der Waals surface area (Å²) in [5.41, 5.74) is 10.7. The van der Waals surface area contributed by atoms with Crippen LogP contribution in [0.25, 0.3) is 5.78 Å². The molecule has 0 bridgehead atoms. The Kier molecular flexibility index (Phi) is 4.98. The third-order valence-electron chi connectivity index (χ3n) is 4.64. The first-order valence-electron chi connectivity index (χ1n) is 9.20. The Hall–Kier alpha value is -4.81. The van der Waals surface area contributed by atoms with Gasteiger partial charge in [0.1, 0.15) is 17.1 Å². The van der Waals surface area contributed by atoms with Crippen molar-refractivity contribution in [3.05, 3.63) is 73.3 Å². The highest BCUT2D eigenvalue weighted by Crippen LogP contribution is 2.13. The van der Waals surface area contributed by atoms with Crippen LogP contribution >= 0.6 is 0 Å². The summed E-state index contributed by atoms with van der Waals surface area (Å²) in [7, 11) is 0. The molecule has 4 aromatic rings. The predicted octanol–water partition coefficient (Wildman–Crippen LogP) is -0.875. The monoisotopic (exact) mass is 436 g/mol. The smallest absolute Gasteiger partial charge is 0.354 e. The number of carboxylic acid groups (broad SMARTS) is 1. The van der Waals surface area contributed by atoms with Crippen LogP contribution in [0.5, 0.6) is 0 Å². The minimum Gasteiger partial charge on any atom is -0.477 e. The summed E-state index contributed by atoms with van der Waals surface area (Å²) in [6, 6.07) is 8.19. The number of nitrogens with one attached hydrogen (secondary N) is 2. The third kappa shape index (κ3) is 3.69. The number of nitrogens with two attached hydrogens (primary N) is 2. The van der Waals surface area contributed by atoms with E-state index < -0.39 is 22.7 Å². The van der Waals surface area contributed by atoms with E-state index in [-0.39, 0.29) is 47.6 Å². The zero-order valence-electron chi connectivity index (χ0n) is 16.3. The highest BCUT2D eigenvalue weighted by molar-refractivity contribution is 5.95. The van der Waals surface area contributed by atoms with Crippen LogP contribution in [0.2, 0.25) is 0 Å². The fourth-order valence-corrected chi connectivity index (χ4v) is 3.05. The lowest BCUT2D eigenvalue weighted by atomic mass is 10.1. The predicted molar refractivity (Wildman–Crippen MR) is 113 cm³/mol. The van der Waals surface area contributed by atoms with Crippen LogP contribution in [-0.4, -0.2) is 36.6 Å². The Balaban J connectivity index is 1.45. The maximum atomic E-state index is 12.5. The minimum atomic E-state index is -1.32. The Labute approximate surface area is 178 Å². The van der Waals surface area contributed by atoms with E-state index in [9.17, 15) is 24.3 Å². The standard InChI is InChI=1S/C19H16N8O5/c20-12-13(15(29)14(12)28)22-6-8-2-1-3-9(4-8)7-23-16(30)10-5-11(17(31)32)27-19(24-10)25-18(21)26-27/h1-5,22H,6-7,20H2,(H2,21,26)(H,23,30)(H,31,32). The van der Waals surface area contributed by atoms with Gasteiger partial charge in [0.15, 0.2) is 5.69 Å². The van der Waals surface area contributed by atoms with E-state index in [1.165, 1.54) is 0 Å². The summed E-state index contributed by atoms with van der Waals surface area (Å²) < 4.78 is 0.938. The van der Waals surface area contributed by atoms with Crippen LogP contribution in [0.3, 0.4) is 0 Å². The number of nitrogens with zero attached hydrogens (tertiary/aromatic N) is 4. The van der Waals surface area contributed by atoms with E-state index >= 15 is 0 Å². The van der Waals surface area contributed by atoms with Gasteiger partial charge in [0.25, 0.3) is 22.5 Å². The molecule has 13 heteroatoms. The van der Waals surface area contributed by atoms with Gasteiger partial charge in [-0.3, -0.25) is 14.4 Å². The van der Waals surface area contributed by atoms with E-state index in [4.69, 9.17) is 11.5 Å². The summed E-state index contributed by atoms with van der Waals surface area (Å²) in [4.78, 5) is 54.4. The van der Waals surface area contributed by atoms with E-state index in [0.29, 0.717) is 0 Å². The maximum absolute atomic E-state index is 12.5. The van der Waals surface area contributed by atoms with Crippen molar-refractivity contribution < 1.29 is 14.7 Å². The summed E-state index contributed by atoms with van der Waals surface area (Å²) in [6.07, 6.45) is 0. The molecule has 13 nitrogen and oxygen atoms in total. The first-order chi connectivity index (χ1) is 15.2. The van der Waals surface area contributed by atoms with Crippen molar-refractivity contribution >= 4 is 35.0 Å². The second kappa shape index (κ2) is 7.79. The Morgan fingerprint density at radius 3 is 2.44 bits per heavy atom. The number of hydrogen-bond acceptors (Lipinski definition) is 10. The fraction of sp³-hybridized carbons (Fsp3) is 0.105. The number of carbonyl (C=O) groups is 2. The molecule has 0 aliphatic rings. The van der Waals surface area contributed by atoms with Crippen molar-refractivity contribution in [2.45, 2.75) is 13.1 Å². The molecule has 0 saturated carbocycles. The number of amides is 1. The molecule has 2 aromatic heterocycles. The van der Waals surface area contributed by atoms with Crippen LogP contribution in [0.1, 0.15) is 32.1 Å². The zero-order chi connectivity index (χ0) is 23.0. The number of anilines is 3. The minimum absolute atomic E-state index is 0.0851. The molecule has 2 heterocycles. The van der Waals surface area contributed by atoms with Crippen molar-refractivity contribution in [3.63, 3.8) is 0 Å². The lowest BCUT2D eigenvalue weighted by molar-refractivity contribution is 0.0687. The molecule has 0 aliphatic heterocycles. The van der Waals surface area contributed by atoms with Gasteiger partial charge in [-0.1, -0.05) is 24.3 Å². The van der Waals surface area contributed by atoms with Crippen LogP contribution in [0.4, 0.5) is 17.3 Å². The van der Waals surface area contributed by atoms with E-state index in [1.54, 1.807) is 24.3 Å². The lowest BCUT2D eigenvalue weighted by Gasteiger charge is -2.11. The number of carbonyl (C=O) groups excluding carboxylic acids is 1.